The van der Waals surface area contributed by atoms with Gasteiger partial charge in [-0.25, -0.2) is 14.8 Å². The van der Waals surface area contributed by atoms with Crippen molar-refractivity contribution in [3.8, 4) is 0 Å². The van der Waals surface area contributed by atoms with Crippen LogP contribution in [0.15, 0.2) is 12.3 Å². The van der Waals surface area contributed by atoms with E-state index in [1.54, 1.807) is 11.1 Å². The standard InChI is InChI=1S/C18H22N6O2/c1-3-5-13-22-15-16(24(13)6-4-2)14-12(21-17(15)19)9-11(10-20-14)23-7-8-26-18(23)25/h9-10H,3-8H2,1-2H3,(H2,19,21). The molecule has 4 heterocycles. The van der Waals surface area contributed by atoms with Gasteiger partial charge in [-0.2, -0.15) is 0 Å². The molecule has 0 spiro atoms. The molecular weight excluding hydrogens is 332 g/mol. The number of carbonyl (C=O) groups is 1. The molecule has 0 unspecified atom stereocenters. The highest BCUT2D eigenvalue weighted by molar-refractivity contribution is 6.05. The number of pyridine rings is 2. The minimum Gasteiger partial charge on any atom is -0.447 e. The number of anilines is 2. The summed E-state index contributed by atoms with van der Waals surface area (Å²) < 4.78 is 7.21. The van der Waals surface area contributed by atoms with E-state index in [4.69, 9.17) is 15.5 Å². The van der Waals surface area contributed by atoms with Crippen LogP contribution in [0.4, 0.5) is 16.3 Å². The first kappa shape index (κ1) is 16.6. The molecule has 26 heavy (non-hydrogen) atoms. The van der Waals surface area contributed by atoms with Crippen molar-refractivity contribution in [2.45, 2.75) is 39.7 Å². The lowest BCUT2D eigenvalue weighted by molar-refractivity contribution is 0.181. The molecule has 3 aromatic heterocycles. The van der Waals surface area contributed by atoms with Gasteiger partial charge in [-0.15, -0.1) is 0 Å². The quantitative estimate of drug-likeness (QED) is 0.756. The minimum absolute atomic E-state index is 0.360. The number of cyclic esters (lactones) is 1. The third-order valence-corrected chi connectivity index (χ3v) is 4.60. The number of amides is 1. The number of imidazole rings is 1. The number of carbonyl (C=O) groups excluding carboxylic acids is 1. The lowest BCUT2D eigenvalue weighted by atomic mass is 10.2. The third-order valence-electron chi connectivity index (χ3n) is 4.60. The predicted molar refractivity (Wildman–Crippen MR) is 100 cm³/mol. The largest absolute Gasteiger partial charge is 0.447 e. The van der Waals surface area contributed by atoms with Gasteiger partial charge in [0, 0.05) is 13.0 Å². The normalized spacial score (nSPS) is 14.5. The Balaban J connectivity index is 1.94. The summed E-state index contributed by atoms with van der Waals surface area (Å²) in [5, 5.41) is 0. The molecule has 4 rings (SSSR count). The average molecular weight is 354 g/mol. The van der Waals surface area contributed by atoms with Crippen molar-refractivity contribution < 1.29 is 9.53 Å². The zero-order chi connectivity index (χ0) is 18.3. The molecule has 1 saturated heterocycles. The van der Waals surface area contributed by atoms with E-state index in [2.05, 4.69) is 28.4 Å². The zero-order valence-electron chi connectivity index (χ0n) is 15.0. The monoisotopic (exact) mass is 354 g/mol. The number of aromatic nitrogens is 4. The average Bonchev–Trinajstić information content (AvgIpc) is 3.20. The maximum Gasteiger partial charge on any atom is 0.414 e. The molecule has 1 aliphatic rings. The van der Waals surface area contributed by atoms with Crippen molar-refractivity contribution in [3.63, 3.8) is 0 Å². The van der Waals surface area contributed by atoms with Crippen molar-refractivity contribution in [1.29, 1.82) is 0 Å². The van der Waals surface area contributed by atoms with Gasteiger partial charge < -0.3 is 15.0 Å². The Labute approximate surface area is 151 Å². The summed E-state index contributed by atoms with van der Waals surface area (Å²) in [6, 6.07) is 1.84. The van der Waals surface area contributed by atoms with Crippen LogP contribution < -0.4 is 10.6 Å². The second-order valence-corrected chi connectivity index (χ2v) is 6.45. The number of nitrogens with zero attached hydrogens (tertiary/aromatic N) is 5. The Kier molecular flexibility index (Phi) is 4.10. The number of rotatable bonds is 5. The van der Waals surface area contributed by atoms with Crippen LogP contribution in [0.3, 0.4) is 0 Å². The van der Waals surface area contributed by atoms with Gasteiger partial charge in [0.25, 0.3) is 0 Å². The van der Waals surface area contributed by atoms with Crippen LogP contribution in [0, 0.1) is 0 Å². The Morgan fingerprint density at radius 3 is 2.77 bits per heavy atom. The summed E-state index contributed by atoms with van der Waals surface area (Å²) in [5.74, 6) is 1.40. The van der Waals surface area contributed by atoms with E-state index in [9.17, 15) is 4.79 Å². The summed E-state index contributed by atoms with van der Waals surface area (Å²) in [4.78, 5) is 27.2. The van der Waals surface area contributed by atoms with E-state index in [-0.39, 0.29) is 6.09 Å². The lowest BCUT2D eigenvalue weighted by Gasteiger charge is -2.13. The summed E-state index contributed by atoms with van der Waals surface area (Å²) in [7, 11) is 0. The maximum absolute atomic E-state index is 11.8. The third kappa shape index (κ3) is 2.53. The van der Waals surface area contributed by atoms with Gasteiger partial charge in [-0.05, 0) is 18.9 Å². The summed E-state index contributed by atoms with van der Waals surface area (Å²) in [6.45, 7) is 6.02. The first-order chi connectivity index (χ1) is 12.6. The molecule has 1 fully saturated rings. The first-order valence-corrected chi connectivity index (χ1v) is 9.02. The zero-order valence-corrected chi connectivity index (χ0v) is 15.0. The van der Waals surface area contributed by atoms with Crippen molar-refractivity contribution in [2.24, 2.45) is 0 Å². The van der Waals surface area contributed by atoms with Crippen LogP contribution in [-0.2, 0) is 17.7 Å². The second kappa shape index (κ2) is 6.44. The van der Waals surface area contributed by atoms with Crippen LogP contribution in [0.2, 0.25) is 0 Å². The maximum atomic E-state index is 11.8. The fourth-order valence-corrected chi connectivity index (χ4v) is 3.47. The molecule has 2 N–H and O–H groups in total. The van der Waals surface area contributed by atoms with E-state index in [0.717, 1.165) is 42.7 Å². The predicted octanol–water partition coefficient (Wildman–Crippen LogP) is 2.88. The smallest absolute Gasteiger partial charge is 0.414 e. The number of hydrogen-bond donors (Lipinski definition) is 1. The molecule has 0 radical (unpaired) electrons. The molecule has 0 aliphatic carbocycles. The summed E-state index contributed by atoms with van der Waals surface area (Å²) in [6.07, 6.45) is 4.21. The topological polar surface area (TPSA) is 99.2 Å². The Bertz CT molecular complexity index is 996. The van der Waals surface area contributed by atoms with Crippen LogP contribution in [0.5, 0.6) is 0 Å². The highest BCUT2D eigenvalue weighted by Gasteiger charge is 2.25. The molecule has 0 atom stereocenters. The van der Waals surface area contributed by atoms with Gasteiger partial charge in [0.15, 0.2) is 5.82 Å². The molecule has 0 saturated carbocycles. The molecule has 0 bridgehead atoms. The van der Waals surface area contributed by atoms with Crippen LogP contribution in [0.1, 0.15) is 32.5 Å². The summed E-state index contributed by atoms with van der Waals surface area (Å²) in [5.41, 5.74) is 9.92. The van der Waals surface area contributed by atoms with Crippen LogP contribution >= 0.6 is 0 Å². The number of aryl methyl sites for hydroxylation is 2. The van der Waals surface area contributed by atoms with Crippen LogP contribution in [0.25, 0.3) is 22.1 Å². The minimum atomic E-state index is -0.360. The molecule has 8 heteroatoms. The number of hydrogen-bond acceptors (Lipinski definition) is 6. The van der Waals surface area contributed by atoms with E-state index in [1.807, 2.05) is 6.07 Å². The van der Waals surface area contributed by atoms with Gasteiger partial charge in [-0.1, -0.05) is 13.8 Å². The van der Waals surface area contributed by atoms with Gasteiger partial charge in [0.2, 0.25) is 0 Å². The number of ether oxygens (including phenoxy) is 1. The van der Waals surface area contributed by atoms with E-state index < -0.39 is 0 Å². The first-order valence-electron chi connectivity index (χ1n) is 9.02. The van der Waals surface area contributed by atoms with Crippen molar-refractivity contribution in [2.75, 3.05) is 23.8 Å². The van der Waals surface area contributed by atoms with Crippen LogP contribution in [-0.4, -0.2) is 38.8 Å². The second-order valence-electron chi connectivity index (χ2n) is 6.45. The number of nitrogen functional groups attached to an aromatic ring is 1. The molecule has 8 nitrogen and oxygen atoms in total. The highest BCUT2D eigenvalue weighted by atomic mass is 16.6. The van der Waals surface area contributed by atoms with Gasteiger partial charge in [0.1, 0.15) is 29.0 Å². The van der Waals surface area contributed by atoms with E-state index >= 15 is 0 Å². The molecule has 1 amide bonds. The Hall–Kier alpha value is -2.90. The fourth-order valence-electron chi connectivity index (χ4n) is 3.47. The van der Waals surface area contributed by atoms with Crippen molar-refractivity contribution in [3.05, 3.63) is 18.1 Å². The van der Waals surface area contributed by atoms with E-state index in [0.29, 0.717) is 35.7 Å². The number of nitrogens with two attached hydrogens (primary N) is 1. The SMILES string of the molecule is CCCc1nc2c(N)nc3cc(N4CCOC4=O)cnc3c2n1CCC. The van der Waals surface area contributed by atoms with Crippen molar-refractivity contribution in [1.82, 2.24) is 19.5 Å². The van der Waals surface area contributed by atoms with Crippen molar-refractivity contribution >= 4 is 39.7 Å². The molecule has 3 aromatic rings. The summed E-state index contributed by atoms with van der Waals surface area (Å²) >= 11 is 0. The molecule has 136 valence electrons. The lowest BCUT2D eigenvalue weighted by Crippen LogP contribution is -2.23. The van der Waals surface area contributed by atoms with Gasteiger partial charge in [-0.3, -0.25) is 9.88 Å². The van der Waals surface area contributed by atoms with Gasteiger partial charge >= 0.3 is 6.09 Å². The molecule has 0 aromatic carbocycles. The van der Waals surface area contributed by atoms with Gasteiger partial charge in [0.05, 0.1) is 23.9 Å². The van der Waals surface area contributed by atoms with E-state index in [1.165, 1.54) is 0 Å². The fraction of sp³-hybridized carbons (Fsp3) is 0.444. The molecular formula is C18H22N6O2. The Morgan fingerprint density at radius 1 is 1.23 bits per heavy atom. The number of fused-ring (bicyclic) bond motifs is 3. The molecule has 1 aliphatic heterocycles. The Morgan fingerprint density at radius 2 is 2.08 bits per heavy atom. The highest BCUT2D eigenvalue weighted by Crippen LogP contribution is 2.30.